The second kappa shape index (κ2) is 9.65. The van der Waals surface area contributed by atoms with Crippen LogP contribution >= 0.6 is 0 Å². The molecular weight excluding hydrogens is 460 g/mol. The van der Waals surface area contributed by atoms with Crippen LogP contribution in [-0.4, -0.2) is 48.0 Å². The number of rotatable bonds is 6. The Morgan fingerprint density at radius 2 is 1.76 bits per heavy atom. The standard InChI is InChI=1S/C23H30N4O6S/c1-14-15(2)33-22(24-14)26-34(31,32)18-10-8-17(9-11-18)25-21(28)20-19(12-13-27(20)23(29)30)16-6-4-3-5-7-16/h8-11,16,19-20H,3-7,12-13H2,1-2H3,(H,24,26)(H,25,28)(H,29,30)/t19-,20-/m0/s1. The molecule has 10 nitrogen and oxygen atoms in total. The Hall–Kier alpha value is -3.08. The lowest BCUT2D eigenvalue weighted by Crippen LogP contribution is -2.47. The Bertz CT molecular complexity index is 1140. The zero-order chi connectivity index (χ0) is 24.5. The molecule has 2 atom stereocenters. The average molecular weight is 491 g/mol. The zero-order valence-corrected chi connectivity index (χ0v) is 20.1. The third-order valence-corrected chi connectivity index (χ3v) is 8.23. The van der Waals surface area contributed by atoms with Crippen LogP contribution in [0.5, 0.6) is 0 Å². The number of aromatic nitrogens is 1. The topological polar surface area (TPSA) is 142 Å². The van der Waals surface area contributed by atoms with E-state index in [1.54, 1.807) is 13.8 Å². The van der Waals surface area contributed by atoms with Crippen LogP contribution in [0.15, 0.2) is 33.6 Å². The first-order chi connectivity index (χ1) is 16.2. The monoisotopic (exact) mass is 490 g/mol. The Kier molecular flexibility index (Phi) is 6.83. The van der Waals surface area contributed by atoms with Gasteiger partial charge in [0.05, 0.1) is 10.6 Å². The number of sulfonamides is 1. The number of carboxylic acid groups (broad SMARTS) is 1. The molecule has 1 aliphatic heterocycles. The predicted molar refractivity (Wildman–Crippen MR) is 125 cm³/mol. The van der Waals surface area contributed by atoms with Gasteiger partial charge in [-0.05, 0) is 56.4 Å². The molecule has 0 unspecified atom stereocenters. The van der Waals surface area contributed by atoms with Crippen molar-refractivity contribution >= 4 is 33.7 Å². The van der Waals surface area contributed by atoms with Crippen molar-refractivity contribution in [3.63, 3.8) is 0 Å². The molecule has 0 spiro atoms. The molecule has 1 saturated heterocycles. The van der Waals surface area contributed by atoms with Gasteiger partial charge in [0, 0.05) is 12.2 Å². The number of carbonyl (C=O) groups is 2. The number of carbonyl (C=O) groups excluding carboxylic acids is 1. The number of hydrogen-bond acceptors (Lipinski definition) is 6. The largest absolute Gasteiger partial charge is 0.465 e. The van der Waals surface area contributed by atoms with E-state index >= 15 is 0 Å². The van der Waals surface area contributed by atoms with Crippen LogP contribution in [0, 0.1) is 25.7 Å². The van der Waals surface area contributed by atoms with E-state index in [2.05, 4.69) is 15.0 Å². The van der Waals surface area contributed by atoms with Gasteiger partial charge in [0.15, 0.2) is 0 Å². The Labute approximate surface area is 198 Å². The van der Waals surface area contributed by atoms with Gasteiger partial charge in [0.1, 0.15) is 11.8 Å². The Balaban J connectivity index is 1.47. The minimum Gasteiger partial charge on any atom is -0.465 e. The highest BCUT2D eigenvalue weighted by Crippen LogP contribution is 2.39. The molecule has 1 aromatic carbocycles. The first-order valence-electron chi connectivity index (χ1n) is 11.5. The molecule has 1 aliphatic carbocycles. The molecule has 2 fully saturated rings. The van der Waals surface area contributed by atoms with Gasteiger partial charge in [-0.25, -0.2) is 17.9 Å². The highest BCUT2D eigenvalue weighted by atomic mass is 32.2. The lowest BCUT2D eigenvalue weighted by Gasteiger charge is -2.32. The van der Waals surface area contributed by atoms with E-state index in [4.69, 9.17) is 4.42 Å². The van der Waals surface area contributed by atoms with Gasteiger partial charge in [-0.3, -0.25) is 9.69 Å². The lowest BCUT2D eigenvalue weighted by molar-refractivity contribution is -0.121. The predicted octanol–water partition coefficient (Wildman–Crippen LogP) is 3.98. The number of hydrogen-bond donors (Lipinski definition) is 3. The van der Waals surface area contributed by atoms with E-state index in [0.29, 0.717) is 36.0 Å². The van der Waals surface area contributed by atoms with Crippen molar-refractivity contribution in [1.29, 1.82) is 0 Å². The maximum absolute atomic E-state index is 13.2. The summed E-state index contributed by atoms with van der Waals surface area (Å²) in [5, 5.41) is 12.4. The maximum atomic E-state index is 13.2. The molecule has 1 saturated carbocycles. The van der Waals surface area contributed by atoms with Crippen molar-refractivity contribution in [2.75, 3.05) is 16.6 Å². The van der Waals surface area contributed by atoms with E-state index in [1.807, 2.05) is 0 Å². The lowest BCUT2D eigenvalue weighted by atomic mass is 9.76. The van der Waals surface area contributed by atoms with Gasteiger partial charge in [0.2, 0.25) is 5.91 Å². The summed E-state index contributed by atoms with van der Waals surface area (Å²) in [5.74, 6) is 0.474. The zero-order valence-electron chi connectivity index (χ0n) is 19.3. The van der Waals surface area contributed by atoms with E-state index in [-0.39, 0.29) is 22.7 Å². The second-order valence-corrected chi connectivity index (χ2v) is 10.7. The Morgan fingerprint density at radius 1 is 1.09 bits per heavy atom. The van der Waals surface area contributed by atoms with Gasteiger partial charge in [0.25, 0.3) is 10.0 Å². The molecular formula is C23H30N4O6S. The molecule has 11 heteroatoms. The second-order valence-electron chi connectivity index (χ2n) is 9.05. The molecule has 2 amide bonds. The number of likely N-dealkylation sites (tertiary alicyclic amines) is 1. The molecule has 1 aromatic heterocycles. The number of nitrogens with one attached hydrogen (secondary N) is 2. The summed E-state index contributed by atoms with van der Waals surface area (Å²) in [6.07, 6.45) is 5.02. The van der Waals surface area contributed by atoms with Crippen LogP contribution in [0.1, 0.15) is 50.0 Å². The fraction of sp³-hybridized carbons (Fsp3) is 0.522. The van der Waals surface area contributed by atoms with Crippen LogP contribution in [0.4, 0.5) is 16.5 Å². The summed E-state index contributed by atoms with van der Waals surface area (Å²) in [5.41, 5.74) is 0.982. The fourth-order valence-electron chi connectivity index (χ4n) is 5.05. The third-order valence-electron chi connectivity index (χ3n) is 6.90. The van der Waals surface area contributed by atoms with E-state index < -0.39 is 22.2 Å². The molecule has 0 bridgehead atoms. The van der Waals surface area contributed by atoms with Crippen LogP contribution in [0.25, 0.3) is 0 Å². The first-order valence-corrected chi connectivity index (χ1v) is 13.0. The average Bonchev–Trinajstić information content (AvgIpc) is 3.38. The van der Waals surface area contributed by atoms with Gasteiger partial charge in [-0.15, -0.1) is 0 Å². The summed E-state index contributed by atoms with van der Waals surface area (Å²) < 4.78 is 32.8. The summed E-state index contributed by atoms with van der Waals surface area (Å²) in [6.45, 7) is 3.74. The Morgan fingerprint density at radius 3 is 2.35 bits per heavy atom. The highest BCUT2D eigenvalue weighted by molar-refractivity contribution is 7.92. The molecule has 34 heavy (non-hydrogen) atoms. The van der Waals surface area contributed by atoms with E-state index in [9.17, 15) is 23.1 Å². The number of anilines is 2. The normalized spacial score (nSPS) is 21.4. The minimum absolute atomic E-state index is 0.00652. The number of oxazole rings is 1. The quantitative estimate of drug-likeness (QED) is 0.556. The SMILES string of the molecule is Cc1nc(NS(=O)(=O)c2ccc(NC(=O)[C@@H]3[C@H](C4CCCCC4)CCN3C(=O)O)cc2)oc1C. The number of benzene rings is 1. The molecule has 2 heterocycles. The molecule has 3 N–H and O–H groups in total. The van der Waals surface area contributed by atoms with Crippen molar-refractivity contribution in [2.45, 2.75) is 63.3 Å². The highest BCUT2D eigenvalue weighted by Gasteiger charge is 2.45. The third kappa shape index (κ3) is 5.03. The summed E-state index contributed by atoms with van der Waals surface area (Å²) >= 11 is 0. The number of nitrogens with zero attached hydrogens (tertiary/aromatic N) is 2. The van der Waals surface area contributed by atoms with Crippen LogP contribution < -0.4 is 10.0 Å². The van der Waals surface area contributed by atoms with E-state index in [0.717, 1.165) is 25.7 Å². The van der Waals surface area contributed by atoms with Crippen LogP contribution in [0.2, 0.25) is 0 Å². The molecule has 4 rings (SSSR count). The minimum atomic E-state index is -3.93. The van der Waals surface area contributed by atoms with Crippen LogP contribution in [0.3, 0.4) is 0 Å². The summed E-state index contributed by atoms with van der Waals surface area (Å²) in [7, 11) is -3.93. The van der Waals surface area contributed by atoms with Crippen LogP contribution in [-0.2, 0) is 14.8 Å². The van der Waals surface area contributed by atoms with Gasteiger partial charge < -0.3 is 14.8 Å². The van der Waals surface area contributed by atoms with Crippen molar-refractivity contribution in [3.8, 4) is 0 Å². The molecule has 184 valence electrons. The number of aryl methyl sites for hydroxylation is 2. The van der Waals surface area contributed by atoms with Gasteiger partial charge in [-0.2, -0.15) is 4.98 Å². The van der Waals surface area contributed by atoms with E-state index in [1.165, 1.54) is 35.6 Å². The molecule has 2 aromatic rings. The first kappa shape index (κ1) is 24.1. The summed E-state index contributed by atoms with van der Waals surface area (Å²) in [4.78, 5) is 30.2. The number of amides is 2. The fourth-order valence-corrected chi connectivity index (χ4v) is 5.98. The van der Waals surface area contributed by atoms with Crippen molar-refractivity contribution in [2.24, 2.45) is 11.8 Å². The van der Waals surface area contributed by atoms with Gasteiger partial charge in [-0.1, -0.05) is 32.1 Å². The molecule has 0 radical (unpaired) electrons. The maximum Gasteiger partial charge on any atom is 0.407 e. The molecule has 2 aliphatic rings. The van der Waals surface area contributed by atoms with Crippen molar-refractivity contribution < 1.29 is 27.5 Å². The smallest absolute Gasteiger partial charge is 0.407 e. The van der Waals surface area contributed by atoms with Gasteiger partial charge >= 0.3 is 12.1 Å². The van der Waals surface area contributed by atoms with Crippen molar-refractivity contribution in [1.82, 2.24) is 9.88 Å². The van der Waals surface area contributed by atoms with Crippen molar-refractivity contribution in [3.05, 3.63) is 35.7 Å². The summed E-state index contributed by atoms with van der Waals surface area (Å²) in [6, 6.07) is 4.83.